The van der Waals surface area contributed by atoms with Crippen molar-refractivity contribution in [2.45, 2.75) is 59.2 Å². The van der Waals surface area contributed by atoms with E-state index in [1.807, 2.05) is 0 Å². The van der Waals surface area contributed by atoms with Crippen molar-refractivity contribution in [2.24, 2.45) is 11.8 Å². The zero-order valence-electron chi connectivity index (χ0n) is 16.6. The first-order valence-corrected chi connectivity index (χ1v) is 11.0. The molecular formula is C21H26ClFO4S. The highest BCUT2D eigenvalue weighted by atomic mass is 35.5. The molecule has 1 heterocycles. The van der Waals surface area contributed by atoms with E-state index in [1.54, 1.807) is 19.9 Å². The van der Waals surface area contributed by atoms with Gasteiger partial charge < -0.3 is 14.2 Å². The summed E-state index contributed by atoms with van der Waals surface area (Å²) in [6.07, 6.45) is 2.77. The van der Waals surface area contributed by atoms with Crippen LogP contribution in [-0.4, -0.2) is 24.2 Å². The Morgan fingerprint density at radius 1 is 1.25 bits per heavy atom. The van der Waals surface area contributed by atoms with E-state index in [0.717, 1.165) is 12.8 Å². The SMILES string of the molecule is CC1CC(C)CC(Oc2c(C(=O)OC(C)C)sc3cc(F)c(OCCl)cc23)C1. The van der Waals surface area contributed by atoms with Gasteiger partial charge in [0.15, 0.2) is 28.3 Å². The monoisotopic (exact) mass is 428 g/mol. The minimum Gasteiger partial charge on any atom is -0.488 e. The molecule has 1 aliphatic rings. The smallest absolute Gasteiger partial charge is 0.352 e. The molecule has 1 aromatic heterocycles. The van der Waals surface area contributed by atoms with Crippen LogP contribution < -0.4 is 9.47 Å². The number of carbonyl (C=O) groups excluding carboxylic acids is 1. The van der Waals surface area contributed by atoms with E-state index >= 15 is 0 Å². The fourth-order valence-corrected chi connectivity index (χ4v) is 5.04. The molecule has 0 N–H and O–H groups in total. The molecule has 0 amide bonds. The number of thiophene rings is 1. The van der Waals surface area contributed by atoms with Crippen molar-refractivity contribution in [2.75, 3.05) is 6.07 Å². The highest BCUT2D eigenvalue weighted by molar-refractivity contribution is 7.21. The van der Waals surface area contributed by atoms with Crippen LogP contribution in [0.25, 0.3) is 10.1 Å². The predicted molar refractivity (Wildman–Crippen MR) is 110 cm³/mol. The minimum absolute atomic E-state index is 0.00426. The first-order valence-electron chi connectivity index (χ1n) is 9.60. The van der Waals surface area contributed by atoms with E-state index in [1.165, 1.54) is 23.8 Å². The molecule has 154 valence electrons. The maximum absolute atomic E-state index is 14.3. The number of hydrogen-bond acceptors (Lipinski definition) is 5. The van der Waals surface area contributed by atoms with Crippen molar-refractivity contribution in [3.63, 3.8) is 0 Å². The van der Waals surface area contributed by atoms with E-state index in [9.17, 15) is 9.18 Å². The average Bonchev–Trinajstić information content (AvgIpc) is 2.91. The van der Waals surface area contributed by atoms with Gasteiger partial charge in [0.05, 0.1) is 12.2 Å². The van der Waals surface area contributed by atoms with Gasteiger partial charge in [-0.1, -0.05) is 25.4 Å². The second-order valence-corrected chi connectivity index (χ2v) is 9.17. The average molecular weight is 429 g/mol. The number of halogens is 2. The lowest BCUT2D eigenvalue weighted by Gasteiger charge is -2.31. The molecule has 2 aromatic rings. The number of esters is 1. The zero-order valence-corrected chi connectivity index (χ0v) is 18.2. The van der Waals surface area contributed by atoms with Gasteiger partial charge in [0.25, 0.3) is 0 Å². The van der Waals surface area contributed by atoms with Gasteiger partial charge in [-0.05, 0) is 57.1 Å². The predicted octanol–water partition coefficient (Wildman–Crippen LogP) is 6.38. The largest absolute Gasteiger partial charge is 0.488 e. The quantitative estimate of drug-likeness (QED) is 0.395. The Morgan fingerprint density at radius 3 is 2.54 bits per heavy atom. The number of hydrogen-bond donors (Lipinski definition) is 0. The molecule has 0 aliphatic heterocycles. The molecule has 1 saturated carbocycles. The van der Waals surface area contributed by atoms with Gasteiger partial charge in [0.1, 0.15) is 0 Å². The second-order valence-electron chi connectivity index (χ2n) is 7.90. The van der Waals surface area contributed by atoms with Crippen molar-refractivity contribution in [3.8, 4) is 11.5 Å². The van der Waals surface area contributed by atoms with Crippen molar-refractivity contribution < 1.29 is 23.4 Å². The Balaban J connectivity index is 2.04. The van der Waals surface area contributed by atoms with Crippen LogP contribution in [0.2, 0.25) is 0 Å². The van der Waals surface area contributed by atoms with Crippen molar-refractivity contribution in [3.05, 3.63) is 22.8 Å². The van der Waals surface area contributed by atoms with Gasteiger partial charge >= 0.3 is 5.97 Å². The highest BCUT2D eigenvalue weighted by Crippen LogP contribution is 2.43. The van der Waals surface area contributed by atoms with Crippen LogP contribution >= 0.6 is 22.9 Å². The van der Waals surface area contributed by atoms with E-state index in [2.05, 4.69) is 13.8 Å². The van der Waals surface area contributed by atoms with Crippen LogP contribution in [0, 0.1) is 17.7 Å². The maximum Gasteiger partial charge on any atom is 0.352 e. The van der Waals surface area contributed by atoms with Crippen LogP contribution in [0.15, 0.2) is 12.1 Å². The summed E-state index contributed by atoms with van der Waals surface area (Å²) in [5, 5.41) is 0.646. The van der Waals surface area contributed by atoms with Crippen molar-refractivity contribution in [1.29, 1.82) is 0 Å². The number of alkyl halides is 1. The van der Waals surface area contributed by atoms with Crippen LogP contribution in [0.1, 0.15) is 56.6 Å². The molecule has 0 radical (unpaired) electrons. The van der Waals surface area contributed by atoms with Crippen molar-refractivity contribution >= 4 is 39.0 Å². The molecule has 2 unspecified atom stereocenters. The molecule has 0 bridgehead atoms. The Labute approximate surface area is 173 Å². The second kappa shape index (κ2) is 8.87. The van der Waals surface area contributed by atoms with Crippen LogP contribution in [0.5, 0.6) is 11.5 Å². The summed E-state index contributed by atoms with van der Waals surface area (Å²) in [5.74, 6) is 0.623. The third kappa shape index (κ3) is 4.71. The van der Waals surface area contributed by atoms with Gasteiger partial charge in [-0.15, -0.1) is 11.3 Å². The molecule has 1 aromatic carbocycles. The summed E-state index contributed by atoms with van der Waals surface area (Å²) in [4.78, 5) is 13.0. The van der Waals surface area contributed by atoms with Gasteiger partial charge in [-0.25, -0.2) is 9.18 Å². The number of carbonyl (C=O) groups is 1. The summed E-state index contributed by atoms with van der Waals surface area (Å²) >= 11 is 6.79. The lowest BCUT2D eigenvalue weighted by molar-refractivity contribution is 0.0373. The normalized spacial score (nSPS) is 22.5. The summed E-state index contributed by atoms with van der Waals surface area (Å²) in [7, 11) is 0. The molecule has 1 fully saturated rings. The van der Waals surface area contributed by atoms with Crippen LogP contribution in [0.4, 0.5) is 4.39 Å². The Bertz CT molecular complexity index is 841. The molecule has 1 aliphatic carbocycles. The molecule has 4 nitrogen and oxygen atoms in total. The molecule has 3 rings (SSSR count). The van der Waals surface area contributed by atoms with Gasteiger partial charge in [0.2, 0.25) is 0 Å². The van der Waals surface area contributed by atoms with Gasteiger partial charge in [-0.2, -0.15) is 0 Å². The van der Waals surface area contributed by atoms with E-state index < -0.39 is 11.8 Å². The summed E-state index contributed by atoms with van der Waals surface area (Å²) in [6.45, 7) is 8.02. The first kappa shape index (κ1) is 21.2. The van der Waals surface area contributed by atoms with E-state index in [-0.39, 0.29) is 24.0 Å². The third-order valence-electron chi connectivity index (χ3n) is 4.85. The molecule has 0 saturated heterocycles. The number of ether oxygens (including phenoxy) is 3. The van der Waals surface area contributed by atoms with Crippen LogP contribution in [-0.2, 0) is 4.74 Å². The standard InChI is InChI=1S/C21H26ClFO4S/c1-11(2)26-21(24)20-19(27-14-6-12(3)5-13(4)7-14)15-8-17(25-10-22)16(23)9-18(15)28-20/h8-9,11-14H,5-7,10H2,1-4H3. The van der Waals surface area contributed by atoms with Crippen LogP contribution in [0.3, 0.4) is 0 Å². The van der Waals surface area contributed by atoms with Gasteiger partial charge in [0, 0.05) is 10.1 Å². The fraction of sp³-hybridized carbons (Fsp3) is 0.571. The summed E-state index contributed by atoms with van der Waals surface area (Å²) in [5.41, 5.74) is 0. The minimum atomic E-state index is -0.523. The number of rotatable bonds is 6. The summed E-state index contributed by atoms with van der Waals surface area (Å²) < 4.78 is 31.8. The molecule has 7 heteroatoms. The number of benzene rings is 1. The number of fused-ring (bicyclic) bond motifs is 1. The topological polar surface area (TPSA) is 44.8 Å². The lowest BCUT2D eigenvalue weighted by Crippen LogP contribution is -2.29. The third-order valence-corrected chi connectivity index (χ3v) is 6.08. The summed E-state index contributed by atoms with van der Waals surface area (Å²) in [6, 6.07) is 2.75. The first-order chi connectivity index (χ1) is 13.3. The maximum atomic E-state index is 14.3. The van der Waals surface area contributed by atoms with E-state index in [0.29, 0.717) is 32.5 Å². The zero-order chi connectivity index (χ0) is 20.4. The molecule has 0 spiro atoms. The molecular weight excluding hydrogens is 403 g/mol. The molecule has 2 atom stereocenters. The fourth-order valence-electron chi connectivity index (χ4n) is 3.90. The Kier molecular flexibility index (Phi) is 6.71. The Hall–Kier alpha value is -1.53. The molecule has 28 heavy (non-hydrogen) atoms. The Morgan fingerprint density at radius 2 is 1.93 bits per heavy atom. The van der Waals surface area contributed by atoms with E-state index in [4.69, 9.17) is 25.8 Å². The highest BCUT2D eigenvalue weighted by Gasteiger charge is 2.30. The van der Waals surface area contributed by atoms with Gasteiger partial charge in [-0.3, -0.25) is 0 Å². The van der Waals surface area contributed by atoms with Crippen molar-refractivity contribution in [1.82, 2.24) is 0 Å². The lowest BCUT2D eigenvalue weighted by atomic mass is 9.82.